The van der Waals surface area contributed by atoms with Gasteiger partial charge in [0.25, 0.3) is 0 Å². The molecule has 0 fully saturated rings. The molecule has 0 aliphatic carbocycles. The predicted octanol–water partition coefficient (Wildman–Crippen LogP) is 1.71. The highest BCUT2D eigenvalue weighted by atomic mass is 32.1. The summed E-state index contributed by atoms with van der Waals surface area (Å²) in [6.07, 6.45) is 2.73. The molecule has 0 atom stereocenters. The first-order valence-electron chi connectivity index (χ1n) is 6.04. The van der Waals surface area contributed by atoms with Crippen LogP contribution in [0, 0.1) is 0 Å². The van der Waals surface area contributed by atoms with Gasteiger partial charge in [0, 0.05) is 31.6 Å². The largest absolute Gasteiger partial charge is 0.461 e. The number of thiazole rings is 1. The van der Waals surface area contributed by atoms with Gasteiger partial charge in [-0.1, -0.05) is 0 Å². The van der Waals surface area contributed by atoms with Gasteiger partial charge in [-0.2, -0.15) is 5.10 Å². The highest BCUT2D eigenvalue weighted by molar-refractivity contribution is 7.13. The number of carbonyl (C=O) groups excluding carboxylic acids is 1. The van der Waals surface area contributed by atoms with Crippen LogP contribution in [0.15, 0.2) is 17.6 Å². The van der Waals surface area contributed by atoms with Crippen molar-refractivity contribution < 1.29 is 9.53 Å². The van der Waals surface area contributed by atoms with Gasteiger partial charge in [-0.25, -0.2) is 9.78 Å². The van der Waals surface area contributed by atoms with E-state index in [1.54, 1.807) is 17.0 Å². The van der Waals surface area contributed by atoms with Gasteiger partial charge < -0.3 is 10.1 Å². The fraction of sp³-hybridized carbons (Fsp3) is 0.417. The van der Waals surface area contributed by atoms with Gasteiger partial charge in [-0.15, -0.1) is 11.3 Å². The molecule has 19 heavy (non-hydrogen) atoms. The molecular formula is C12H16N4O2S. The zero-order valence-corrected chi connectivity index (χ0v) is 11.7. The highest BCUT2D eigenvalue weighted by Gasteiger charge is 2.11. The Morgan fingerprint density at radius 3 is 3.11 bits per heavy atom. The molecule has 1 N–H and O–H groups in total. The van der Waals surface area contributed by atoms with Gasteiger partial charge >= 0.3 is 5.97 Å². The van der Waals surface area contributed by atoms with Gasteiger partial charge in [0.15, 0.2) is 10.8 Å². The van der Waals surface area contributed by atoms with E-state index in [-0.39, 0.29) is 5.97 Å². The van der Waals surface area contributed by atoms with Gasteiger partial charge in [-0.3, -0.25) is 4.68 Å². The van der Waals surface area contributed by atoms with Crippen molar-refractivity contribution in [2.24, 2.45) is 7.05 Å². The fourth-order valence-electron chi connectivity index (χ4n) is 1.55. The van der Waals surface area contributed by atoms with Crippen LogP contribution in [-0.2, 0) is 18.2 Å². The number of carbonyl (C=O) groups is 1. The standard InChI is InChI=1S/C12H16N4O2S/c1-3-18-11(17)10-8-19-12(14-10)13-6-4-9-5-7-16(2)15-9/h5,7-8H,3-4,6H2,1-2H3,(H,13,14). The molecule has 0 spiro atoms. The summed E-state index contributed by atoms with van der Waals surface area (Å²) in [4.78, 5) is 15.6. The monoisotopic (exact) mass is 280 g/mol. The number of nitrogens with zero attached hydrogens (tertiary/aromatic N) is 3. The molecule has 0 amide bonds. The second-order valence-corrected chi connectivity index (χ2v) is 4.77. The van der Waals surface area contributed by atoms with E-state index in [1.165, 1.54) is 11.3 Å². The Balaban J connectivity index is 1.81. The second-order valence-electron chi connectivity index (χ2n) is 3.92. The molecule has 102 valence electrons. The van der Waals surface area contributed by atoms with Crippen LogP contribution in [0.2, 0.25) is 0 Å². The lowest BCUT2D eigenvalue weighted by molar-refractivity contribution is 0.0520. The van der Waals surface area contributed by atoms with Gasteiger partial charge in [0.05, 0.1) is 12.3 Å². The minimum Gasteiger partial charge on any atom is -0.461 e. The Morgan fingerprint density at radius 2 is 2.42 bits per heavy atom. The lowest BCUT2D eigenvalue weighted by Gasteiger charge is -2.00. The number of ether oxygens (including phenoxy) is 1. The van der Waals surface area contributed by atoms with Crippen molar-refractivity contribution in [3.63, 3.8) is 0 Å². The molecule has 2 aromatic rings. The summed E-state index contributed by atoms with van der Waals surface area (Å²) in [5, 5.41) is 9.87. The summed E-state index contributed by atoms with van der Waals surface area (Å²) in [7, 11) is 1.89. The lowest BCUT2D eigenvalue weighted by Crippen LogP contribution is -2.07. The third-order valence-electron chi connectivity index (χ3n) is 2.41. The van der Waals surface area contributed by atoms with E-state index in [1.807, 2.05) is 19.3 Å². The Labute approximate surface area is 115 Å². The number of rotatable bonds is 6. The molecule has 0 aromatic carbocycles. The summed E-state index contributed by atoms with van der Waals surface area (Å²) >= 11 is 1.40. The van der Waals surface area contributed by atoms with E-state index in [2.05, 4.69) is 15.4 Å². The fourth-order valence-corrected chi connectivity index (χ4v) is 2.26. The number of nitrogens with one attached hydrogen (secondary N) is 1. The molecule has 0 aliphatic rings. The Bertz CT molecular complexity index is 549. The number of esters is 1. The van der Waals surface area contributed by atoms with Crippen LogP contribution >= 0.6 is 11.3 Å². The quantitative estimate of drug-likeness (QED) is 0.816. The molecular weight excluding hydrogens is 264 g/mol. The molecule has 7 heteroatoms. The van der Waals surface area contributed by atoms with Crippen LogP contribution in [-0.4, -0.2) is 33.9 Å². The smallest absolute Gasteiger partial charge is 0.357 e. The maximum atomic E-state index is 11.4. The number of aryl methyl sites for hydroxylation is 1. The molecule has 2 heterocycles. The number of aromatic nitrogens is 3. The van der Waals surface area contributed by atoms with Crippen molar-refractivity contribution in [1.82, 2.24) is 14.8 Å². The molecule has 0 aliphatic heterocycles. The highest BCUT2D eigenvalue weighted by Crippen LogP contribution is 2.16. The summed E-state index contributed by atoms with van der Waals surface area (Å²) in [6.45, 7) is 2.86. The van der Waals surface area contributed by atoms with Crippen LogP contribution in [0.25, 0.3) is 0 Å². The van der Waals surface area contributed by atoms with Crippen molar-refractivity contribution in [2.75, 3.05) is 18.5 Å². The number of hydrogen-bond donors (Lipinski definition) is 1. The molecule has 0 radical (unpaired) electrons. The molecule has 0 bridgehead atoms. The maximum absolute atomic E-state index is 11.4. The van der Waals surface area contributed by atoms with Gasteiger partial charge in [-0.05, 0) is 13.0 Å². The van der Waals surface area contributed by atoms with E-state index in [0.717, 1.165) is 23.8 Å². The summed E-state index contributed by atoms with van der Waals surface area (Å²) in [5.74, 6) is -0.378. The maximum Gasteiger partial charge on any atom is 0.357 e. The van der Waals surface area contributed by atoms with E-state index in [9.17, 15) is 4.79 Å². The number of hydrogen-bond acceptors (Lipinski definition) is 6. The van der Waals surface area contributed by atoms with Gasteiger partial charge in [0.1, 0.15) is 0 Å². The Kier molecular flexibility index (Phi) is 4.51. The Morgan fingerprint density at radius 1 is 1.58 bits per heavy atom. The molecule has 2 rings (SSSR count). The van der Waals surface area contributed by atoms with Crippen LogP contribution in [0.4, 0.5) is 5.13 Å². The minimum absolute atomic E-state index is 0.354. The van der Waals surface area contributed by atoms with Crippen molar-refractivity contribution in [3.8, 4) is 0 Å². The first-order chi connectivity index (χ1) is 9.19. The molecule has 2 aromatic heterocycles. The third-order valence-corrected chi connectivity index (χ3v) is 3.21. The van der Waals surface area contributed by atoms with E-state index >= 15 is 0 Å². The zero-order valence-electron chi connectivity index (χ0n) is 10.9. The predicted molar refractivity (Wildman–Crippen MR) is 73.5 cm³/mol. The third kappa shape index (κ3) is 3.78. The van der Waals surface area contributed by atoms with Crippen molar-refractivity contribution >= 4 is 22.4 Å². The van der Waals surface area contributed by atoms with Crippen LogP contribution < -0.4 is 5.32 Å². The first kappa shape index (κ1) is 13.5. The molecule has 0 saturated heterocycles. The summed E-state index contributed by atoms with van der Waals surface area (Å²) < 4.78 is 6.66. The van der Waals surface area contributed by atoms with Crippen molar-refractivity contribution in [1.29, 1.82) is 0 Å². The van der Waals surface area contributed by atoms with Crippen molar-refractivity contribution in [2.45, 2.75) is 13.3 Å². The first-order valence-corrected chi connectivity index (χ1v) is 6.92. The number of anilines is 1. The SMILES string of the molecule is CCOC(=O)c1csc(NCCc2ccn(C)n2)n1. The van der Waals surface area contributed by atoms with Gasteiger partial charge in [0.2, 0.25) is 0 Å². The molecule has 0 unspecified atom stereocenters. The van der Waals surface area contributed by atoms with E-state index in [4.69, 9.17) is 4.74 Å². The summed E-state index contributed by atoms with van der Waals surface area (Å²) in [5.41, 5.74) is 1.38. The van der Waals surface area contributed by atoms with E-state index in [0.29, 0.717) is 12.3 Å². The van der Waals surface area contributed by atoms with Crippen LogP contribution in [0.5, 0.6) is 0 Å². The van der Waals surface area contributed by atoms with Crippen LogP contribution in [0.3, 0.4) is 0 Å². The minimum atomic E-state index is -0.378. The van der Waals surface area contributed by atoms with Crippen molar-refractivity contribution in [3.05, 3.63) is 29.0 Å². The topological polar surface area (TPSA) is 69.0 Å². The zero-order chi connectivity index (χ0) is 13.7. The molecule has 6 nitrogen and oxygen atoms in total. The van der Waals surface area contributed by atoms with Crippen LogP contribution in [0.1, 0.15) is 23.1 Å². The second kappa shape index (κ2) is 6.33. The average Bonchev–Trinajstić information content (AvgIpc) is 2.99. The Hall–Kier alpha value is -1.89. The molecule has 0 saturated carbocycles. The average molecular weight is 280 g/mol. The van der Waals surface area contributed by atoms with E-state index < -0.39 is 0 Å². The lowest BCUT2D eigenvalue weighted by atomic mass is 10.3. The normalized spacial score (nSPS) is 10.4. The summed E-state index contributed by atoms with van der Waals surface area (Å²) in [6, 6.07) is 1.98.